The average molecular weight is 420 g/mol. The second-order valence-corrected chi connectivity index (χ2v) is 9.42. The Balaban J connectivity index is 1.82. The van der Waals surface area contributed by atoms with Gasteiger partial charge in [-0.2, -0.15) is 0 Å². The molecule has 1 amide bonds. The van der Waals surface area contributed by atoms with Crippen LogP contribution in [0.4, 0.5) is 5.82 Å². The summed E-state index contributed by atoms with van der Waals surface area (Å²) in [5, 5.41) is 11.6. The first-order valence-electron chi connectivity index (χ1n) is 9.56. The van der Waals surface area contributed by atoms with Gasteiger partial charge in [-0.3, -0.25) is 4.79 Å². The fourth-order valence-electron chi connectivity index (χ4n) is 3.53. The summed E-state index contributed by atoms with van der Waals surface area (Å²) in [5.41, 5.74) is 0.0227. The van der Waals surface area contributed by atoms with Gasteiger partial charge in [-0.05, 0) is 24.5 Å². The largest absolute Gasteiger partial charge is 0.478 e. The first-order chi connectivity index (χ1) is 13.8. The summed E-state index contributed by atoms with van der Waals surface area (Å²) in [5.74, 6) is -0.897. The maximum atomic E-state index is 13.0. The number of sulfone groups is 1. The summed E-state index contributed by atoms with van der Waals surface area (Å²) in [6, 6.07) is 2.15. The quantitative estimate of drug-likeness (QED) is 0.671. The van der Waals surface area contributed by atoms with Gasteiger partial charge in [0.05, 0.1) is 17.6 Å². The van der Waals surface area contributed by atoms with E-state index in [1.165, 1.54) is 30.9 Å². The summed E-state index contributed by atoms with van der Waals surface area (Å²) in [7, 11) is -3.47. The third kappa shape index (κ3) is 5.00. The number of aromatic nitrogens is 3. The molecule has 2 aromatic heterocycles. The van der Waals surface area contributed by atoms with Crippen LogP contribution in [-0.2, 0) is 14.6 Å². The van der Waals surface area contributed by atoms with Crippen molar-refractivity contribution in [2.45, 2.75) is 50.1 Å². The topological polar surface area (TPSA) is 131 Å². The van der Waals surface area contributed by atoms with Crippen molar-refractivity contribution >= 4 is 27.5 Å². The van der Waals surface area contributed by atoms with Gasteiger partial charge in [-0.1, -0.05) is 32.6 Å². The fourth-order valence-corrected chi connectivity index (χ4v) is 4.31. The first kappa shape index (κ1) is 21.0. The molecule has 0 radical (unpaired) electrons. The summed E-state index contributed by atoms with van der Waals surface area (Å²) < 4.78 is 25.7. The van der Waals surface area contributed by atoms with Gasteiger partial charge in [0.1, 0.15) is 11.9 Å². The molecule has 1 unspecified atom stereocenters. The molecule has 1 aliphatic rings. The highest BCUT2D eigenvalue weighted by Crippen LogP contribution is 2.33. The highest BCUT2D eigenvalue weighted by Gasteiger charge is 2.28. The number of amides is 1. The molecule has 0 aromatic carbocycles. The number of nitrogens with one attached hydrogen (secondary N) is 1. The van der Waals surface area contributed by atoms with E-state index in [2.05, 4.69) is 15.3 Å². The zero-order valence-corrected chi connectivity index (χ0v) is 16.9. The Labute approximate surface area is 169 Å². The van der Waals surface area contributed by atoms with Gasteiger partial charge in [0.15, 0.2) is 14.9 Å². The van der Waals surface area contributed by atoms with E-state index in [1.807, 2.05) is 0 Å². The van der Waals surface area contributed by atoms with Crippen LogP contribution in [0.25, 0.3) is 0 Å². The summed E-state index contributed by atoms with van der Waals surface area (Å²) in [6.45, 7) is 1.55. The van der Waals surface area contributed by atoms with Crippen molar-refractivity contribution in [2.24, 2.45) is 5.92 Å². The van der Waals surface area contributed by atoms with Crippen molar-refractivity contribution in [3.63, 3.8) is 0 Å². The number of hydrogen-bond donors (Lipinski definition) is 2. The Kier molecular flexibility index (Phi) is 6.31. The van der Waals surface area contributed by atoms with Crippen molar-refractivity contribution in [3.05, 3.63) is 36.4 Å². The summed E-state index contributed by atoms with van der Waals surface area (Å²) in [4.78, 5) is 31.9. The van der Waals surface area contributed by atoms with Gasteiger partial charge in [0.2, 0.25) is 5.91 Å². The number of carbonyl (C=O) groups is 2. The number of nitrogens with zero attached hydrogens (tertiary/aromatic N) is 3. The maximum Gasteiger partial charge on any atom is 0.337 e. The lowest BCUT2D eigenvalue weighted by atomic mass is 9.97. The third-order valence-electron chi connectivity index (χ3n) is 5.23. The molecule has 0 bridgehead atoms. The average Bonchev–Trinajstić information content (AvgIpc) is 3.38. The molecule has 1 fully saturated rings. The molecule has 2 aromatic rings. The van der Waals surface area contributed by atoms with E-state index in [4.69, 9.17) is 5.11 Å². The van der Waals surface area contributed by atoms with Crippen molar-refractivity contribution in [3.8, 4) is 0 Å². The molecular formula is C19H24N4O5S. The number of aromatic carboxylic acids is 1. The molecular weight excluding hydrogens is 396 g/mol. The number of imidazole rings is 1. The number of carboxylic acid groups (broad SMARTS) is 1. The maximum absolute atomic E-state index is 13.0. The van der Waals surface area contributed by atoms with E-state index in [1.54, 1.807) is 11.5 Å². The number of carboxylic acids is 1. The molecule has 0 saturated heterocycles. The lowest BCUT2D eigenvalue weighted by molar-refractivity contribution is -0.119. The van der Waals surface area contributed by atoms with Crippen LogP contribution >= 0.6 is 0 Å². The Morgan fingerprint density at radius 1 is 1.28 bits per heavy atom. The van der Waals surface area contributed by atoms with Crippen molar-refractivity contribution in [2.75, 3.05) is 11.1 Å². The predicted molar refractivity (Wildman–Crippen MR) is 105 cm³/mol. The highest BCUT2D eigenvalue weighted by atomic mass is 32.2. The normalized spacial score (nSPS) is 15.9. The van der Waals surface area contributed by atoms with E-state index in [9.17, 15) is 18.0 Å². The molecule has 2 heterocycles. The monoisotopic (exact) mass is 420 g/mol. The van der Waals surface area contributed by atoms with E-state index in [0.717, 1.165) is 25.7 Å². The SMILES string of the molecule is CCS(=O)(=O)c1cn(C(CC2CCCC2)C(=O)Nc2ccc(C(=O)O)cn2)cn1. The van der Waals surface area contributed by atoms with Crippen LogP contribution in [0.2, 0.25) is 0 Å². The fraction of sp³-hybridized carbons (Fsp3) is 0.474. The van der Waals surface area contributed by atoms with Crippen molar-refractivity contribution < 1.29 is 23.1 Å². The predicted octanol–water partition coefficient (Wildman–Crippen LogP) is 2.53. The number of anilines is 1. The highest BCUT2D eigenvalue weighted by molar-refractivity contribution is 7.91. The minimum absolute atomic E-state index is 0.0227. The van der Waals surface area contributed by atoms with E-state index in [-0.39, 0.29) is 28.1 Å². The zero-order valence-electron chi connectivity index (χ0n) is 16.1. The number of rotatable bonds is 8. The molecule has 0 aliphatic heterocycles. The van der Waals surface area contributed by atoms with E-state index >= 15 is 0 Å². The molecule has 1 saturated carbocycles. The Hall–Kier alpha value is -2.75. The second kappa shape index (κ2) is 8.73. The number of carbonyl (C=O) groups excluding carboxylic acids is 1. The molecule has 9 nitrogen and oxygen atoms in total. The van der Waals surface area contributed by atoms with Crippen LogP contribution in [0.1, 0.15) is 55.4 Å². The van der Waals surface area contributed by atoms with Crippen LogP contribution in [0, 0.1) is 5.92 Å². The minimum Gasteiger partial charge on any atom is -0.478 e. The van der Waals surface area contributed by atoms with Crippen LogP contribution in [0.15, 0.2) is 35.9 Å². The van der Waals surface area contributed by atoms with Gasteiger partial charge in [0, 0.05) is 12.4 Å². The molecule has 3 rings (SSSR count). The van der Waals surface area contributed by atoms with Crippen LogP contribution < -0.4 is 5.32 Å². The summed E-state index contributed by atoms with van der Waals surface area (Å²) in [6.07, 6.45) is 8.83. The van der Waals surface area contributed by atoms with Crippen LogP contribution in [0.5, 0.6) is 0 Å². The van der Waals surface area contributed by atoms with Crippen LogP contribution in [-0.4, -0.2) is 45.7 Å². The number of pyridine rings is 1. The molecule has 0 spiro atoms. The standard InChI is InChI=1S/C19H24N4O5S/c1-2-29(27,28)17-11-23(12-21-17)15(9-13-5-3-4-6-13)18(24)22-16-8-7-14(10-20-16)19(25)26/h7-8,10-13,15H,2-6,9H2,1H3,(H,25,26)(H,20,22,24). The van der Waals surface area contributed by atoms with Gasteiger partial charge < -0.3 is 15.0 Å². The van der Waals surface area contributed by atoms with E-state index < -0.39 is 21.8 Å². The van der Waals surface area contributed by atoms with Gasteiger partial charge in [-0.15, -0.1) is 0 Å². The molecule has 156 valence electrons. The van der Waals surface area contributed by atoms with E-state index in [0.29, 0.717) is 12.3 Å². The zero-order chi connectivity index (χ0) is 21.0. The first-order valence-corrected chi connectivity index (χ1v) is 11.2. The van der Waals surface area contributed by atoms with Crippen molar-refractivity contribution in [1.82, 2.24) is 14.5 Å². The van der Waals surface area contributed by atoms with Gasteiger partial charge >= 0.3 is 5.97 Å². The minimum atomic E-state index is -3.47. The van der Waals surface area contributed by atoms with Crippen molar-refractivity contribution in [1.29, 1.82) is 0 Å². The second-order valence-electron chi connectivity index (χ2n) is 7.19. The molecule has 29 heavy (non-hydrogen) atoms. The molecule has 1 aliphatic carbocycles. The smallest absolute Gasteiger partial charge is 0.337 e. The number of hydrogen-bond acceptors (Lipinski definition) is 6. The Bertz CT molecular complexity index is 978. The molecule has 10 heteroatoms. The lowest BCUT2D eigenvalue weighted by Crippen LogP contribution is -2.27. The lowest BCUT2D eigenvalue weighted by Gasteiger charge is -2.21. The Morgan fingerprint density at radius 3 is 2.59 bits per heavy atom. The van der Waals surface area contributed by atoms with Crippen LogP contribution in [0.3, 0.4) is 0 Å². The Morgan fingerprint density at radius 2 is 2.00 bits per heavy atom. The van der Waals surface area contributed by atoms with Gasteiger partial charge in [-0.25, -0.2) is 23.2 Å². The summed E-state index contributed by atoms with van der Waals surface area (Å²) >= 11 is 0. The third-order valence-corrected chi connectivity index (χ3v) is 6.84. The molecule has 2 N–H and O–H groups in total. The van der Waals surface area contributed by atoms with Gasteiger partial charge in [0.25, 0.3) is 0 Å². The molecule has 1 atom stereocenters.